The van der Waals surface area contributed by atoms with E-state index in [-0.39, 0.29) is 51.2 Å². The quantitative estimate of drug-likeness (QED) is 0.450. The summed E-state index contributed by atoms with van der Waals surface area (Å²) in [6.07, 6.45) is 4.79. The van der Waals surface area contributed by atoms with Gasteiger partial charge in [-0.05, 0) is 18.2 Å². The number of amides is 1. The van der Waals surface area contributed by atoms with Crippen molar-refractivity contribution in [1.82, 2.24) is 29.8 Å². The minimum atomic E-state index is -3.11. The first-order valence-electron chi connectivity index (χ1n) is 9.31. The van der Waals surface area contributed by atoms with Gasteiger partial charge in [0, 0.05) is 24.0 Å². The number of rotatable bonds is 6. The number of anilines is 1. The Balaban J connectivity index is 1.77. The molecule has 0 aliphatic carbocycles. The van der Waals surface area contributed by atoms with Gasteiger partial charge in [-0.2, -0.15) is 8.78 Å². The van der Waals surface area contributed by atoms with Crippen LogP contribution in [0.3, 0.4) is 0 Å². The molecular weight excluding hydrogens is 443 g/mol. The number of halogens is 3. The van der Waals surface area contributed by atoms with E-state index >= 15 is 0 Å². The zero-order valence-corrected chi connectivity index (χ0v) is 16.6. The van der Waals surface area contributed by atoms with E-state index in [4.69, 9.17) is 10.2 Å². The predicted molar refractivity (Wildman–Crippen MR) is 108 cm³/mol. The summed E-state index contributed by atoms with van der Waals surface area (Å²) >= 11 is 0. The van der Waals surface area contributed by atoms with Gasteiger partial charge in [-0.15, -0.1) is 0 Å². The van der Waals surface area contributed by atoms with Gasteiger partial charge in [0.25, 0.3) is 11.5 Å². The average molecular weight is 457 g/mol. The molecule has 0 aromatic carbocycles. The number of nitrogen functional groups attached to an aromatic ring is 1. The van der Waals surface area contributed by atoms with Crippen LogP contribution in [-0.2, 0) is 6.54 Å². The number of oxazole rings is 1. The zero-order valence-electron chi connectivity index (χ0n) is 16.6. The molecule has 168 valence electrons. The predicted octanol–water partition coefficient (Wildman–Crippen LogP) is 2.40. The number of carbonyl (C=O) groups excluding carboxylic acids is 1. The molecule has 1 amide bonds. The second-order valence-electron chi connectivity index (χ2n) is 6.55. The molecule has 4 heterocycles. The summed E-state index contributed by atoms with van der Waals surface area (Å²) in [4.78, 5) is 40.5. The van der Waals surface area contributed by atoms with Gasteiger partial charge in [-0.3, -0.25) is 19.1 Å². The van der Waals surface area contributed by atoms with Crippen LogP contribution < -0.4 is 16.6 Å². The first-order chi connectivity index (χ1) is 15.8. The van der Waals surface area contributed by atoms with Gasteiger partial charge >= 0.3 is 6.55 Å². The number of nitrogens with two attached hydrogens (primary N) is 1. The summed E-state index contributed by atoms with van der Waals surface area (Å²) in [7, 11) is 0. The molecule has 10 nitrogen and oxygen atoms in total. The number of nitrogens with one attached hydrogen (secondary N) is 1. The highest BCUT2D eigenvalue weighted by molar-refractivity contribution is 5.97. The topological polar surface area (TPSA) is 142 Å². The van der Waals surface area contributed by atoms with Crippen LogP contribution in [0.4, 0.5) is 19.0 Å². The molecule has 0 aliphatic rings. The smallest absolute Gasteiger partial charge is 0.321 e. The van der Waals surface area contributed by atoms with Gasteiger partial charge < -0.3 is 15.5 Å². The summed E-state index contributed by atoms with van der Waals surface area (Å²) in [5.74, 6) is -1.78. The van der Waals surface area contributed by atoms with Crippen molar-refractivity contribution in [2.75, 3.05) is 5.73 Å². The van der Waals surface area contributed by atoms with E-state index in [1.807, 2.05) is 0 Å². The van der Waals surface area contributed by atoms with Crippen molar-refractivity contribution in [3.05, 3.63) is 76.7 Å². The van der Waals surface area contributed by atoms with Crippen molar-refractivity contribution in [2.24, 2.45) is 0 Å². The highest BCUT2D eigenvalue weighted by Crippen LogP contribution is 2.30. The summed E-state index contributed by atoms with van der Waals surface area (Å²) in [6, 6.07) is 4.74. The van der Waals surface area contributed by atoms with Crippen LogP contribution in [0.1, 0.15) is 22.7 Å². The minimum absolute atomic E-state index is 0.0157. The van der Waals surface area contributed by atoms with Crippen LogP contribution in [-0.4, -0.2) is 30.4 Å². The molecule has 3 N–H and O–H groups in total. The van der Waals surface area contributed by atoms with Gasteiger partial charge in [-0.1, -0.05) is 0 Å². The highest BCUT2D eigenvalue weighted by atomic mass is 19.3. The number of carbonyl (C=O) groups is 1. The lowest BCUT2D eigenvalue weighted by Gasteiger charge is -2.12. The molecule has 33 heavy (non-hydrogen) atoms. The van der Waals surface area contributed by atoms with Crippen LogP contribution in [0.15, 0.2) is 58.3 Å². The molecule has 0 bridgehead atoms. The molecule has 0 radical (unpaired) electrons. The molecule has 13 heteroatoms. The first kappa shape index (κ1) is 21.7. The number of nitrogens with zero attached hydrogens (tertiary/aromatic N) is 5. The van der Waals surface area contributed by atoms with E-state index in [0.717, 1.165) is 12.3 Å². The van der Waals surface area contributed by atoms with E-state index < -0.39 is 23.8 Å². The average Bonchev–Trinajstić information content (AvgIpc) is 3.33. The SMILES string of the molecule is Nc1nc(-c2ncco2)c(-c2ccc(=O)n(C(F)F)c2)nc1C(=O)NCc1ncccc1F. The maximum atomic E-state index is 13.8. The molecule has 0 aliphatic heterocycles. The van der Waals surface area contributed by atoms with Crippen LogP contribution in [0.5, 0.6) is 0 Å². The van der Waals surface area contributed by atoms with Crippen molar-refractivity contribution < 1.29 is 22.4 Å². The molecule has 0 saturated carbocycles. The number of aromatic nitrogens is 5. The number of alkyl halides is 2. The largest absolute Gasteiger partial charge is 0.443 e. The molecule has 4 aromatic heterocycles. The number of pyridine rings is 2. The van der Waals surface area contributed by atoms with Crippen LogP contribution in [0.2, 0.25) is 0 Å². The Morgan fingerprint density at radius 2 is 1.97 bits per heavy atom. The third-order valence-corrected chi connectivity index (χ3v) is 4.45. The lowest BCUT2D eigenvalue weighted by atomic mass is 10.1. The fourth-order valence-electron chi connectivity index (χ4n) is 2.90. The summed E-state index contributed by atoms with van der Waals surface area (Å²) in [6.45, 7) is -3.37. The van der Waals surface area contributed by atoms with Crippen LogP contribution >= 0.6 is 0 Å². The Kier molecular flexibility index (Phi) is 5.85. The van der Waals surface area contributed by atoms with Gasteiger partial charge in [0.05, 0.1) is 18.4 Å². The monoisotopic (exact) mass is 457 g/mol. The summed E-state index contributed by atoms with van der Waals surface area (Å²) in [5.41, 5.74) is 4.50. The molecule has 0 atom stereocenters. The van der Waals surface area contributed by atoms with E-state index in [9.17, 15) is 22.8 Å². The van der Waals surface area contributed by atoms with E-state index in [1.54, 1.807) is 0 Å². The fourth-order valence-corrected chi connectivity index (χ4v) is 2.90. The number of hydrogen-bond acceptors (Lipinski definition) is 8. The van der Waals surface area contributed by atoms with Gasteiger partial charge in [0.1, 0.15) is 17.8 Å². The van der Waals surface area contributed by atoms with Crippen LogP contribution in [0.25, 0.3) is 22.8 Å². The fraction of sp³-hybridized carbons (Fsp3) is 0.100. The summed E-state index contributed by atoms with van der Waals surface area (Å²) in [5, 5.41) is 2.43. The Labute approximate surface area is 183 Å². The third-order valence-electron chi connectivity index (χ3n) is 4.45. The maximum Gasteiger partial charge on any atom is 0.321 e. The zero-order chi connectivity index (χ0) is 23.5. The molecule has 0 fully saturated rings. The van der Waals surface area contributed by atoms with Crippen molar-refractivity contribution in [1.29, 1.82) is 0 Å². The van der Waals surface area contributed by atoms with Crippen molar-refractivity contribution >= 4 is 11.7 Å². The third kappa shape index (κ3) is 4.42. The Morgan fingerprint density at radius 3 is 2.67 bits per heavy atom. The molecule has 0 unspecified atom stereocenters. The summed E-state index contributed by atoms with van der Waals surface area (Å²) < 4.78 is 45.7. The maximum absolute atomic E-state index is 13.8. The normalized spacial score (nSPS) is 11.0. The van der Waals surface area contributed by atoms with E-state index in [0.29, 0.717) is 0 Å². The second-order valence-corrected chi connectivity index (χ2v) is 6.55. The first-order valence-corrected chi connectivity index (χ1v) is 9.31. The Morgan fingerprint density at radius 1 is 1.15 bits per heavy atom. The van der Waals surface area contributed by atoms with E-state index in [1.165, 1.54) is 36.9 Å². The van der Waals surface area contributed by atoms with Crippen LogP contribution in [0, 0.1) is 5.82 Å². The molecule has 0 spiro atoms. The molecule has 4 aromatic rings. The lowest BCUT2D eigenvalue weighted by molar-refractivity contribution is 0.0665. The lowest BCUT2D eigenvalue weighted by Crippen LogP contribution is -2.27. The molecule has 0 saturated heterocycles. The molecule has 4 rings (SSSR count). The van der Waals surface area contributed by atoms with Crippen molar-refractivity contribution in [3.8, 4) is 22.8 Å². The van der Waals surface area contributed by atoms with Gasteiger partial charge in [0.15, 0.2) is 17.2 Å². The van der Waals surface area contributed by atoms with Crippen molar-refractivity contribution in [3.63, 3.8) is 0 Å². The highest BCUT2D eigenvalue weighted by Gasteiger charge is 2.23. The Bertz CT molecular complexity index is 1370. The number of hydrogen-bond donors (Lipinski definition) is 2. The standard InChI is InChI=1S/C20H14F3N7O3/c21-11-2-1-5-25-12(11)8-27-18(32)16-17(24)29-15(19-26-6-7-33-19)14(28-16)10-3-4-13(31)30(9-10)20(22)23/h1-7,9,20H,8H2,(H2,24,29)(H,27,32). The van der Waals surface area contributed by atoms with Gasteiger partial charge in [0.2, 0.25) is 5.89 Å². The second kappa shape index (κ2) is 8.90. The van der Waals surface area contributed by atoms with Gasteiger partial charge in [-0.25, -0.2) is 19.3 Å². The minimum Gasteiger partial charge on any atom is -0.443 e. The van der Waals surface area contributed by atoms with Crippen molar-refractivity contribution in [2.45, 2.75) is 13.1 Å². The molecular formula is C20H14F3N7O3. The Hall–Kier alpha value is -4.55. The van der Waals surface area contributed by atoms with E-state index in [2.05, 4.69) is 25.3 Å².